The molecule has 1 amide bonds. The van der Waals surface area contributed by atoms with E-state index in [0.29, 0.717) is 23.7 Å². The van der Waals surface area contributed by atoms with Gasteiger partial charge in [-0.3, -0.25) is 9.10 Å². The van der Waals surface area contributed by atoms with Crippen LogP contribution in [0, 0.1) is 5.92 Å². The summed E-state index contributed by atoms with van der Waals surface area (Å²) in [6.45, 7) is 4.72. The molecule has 0 aliphatic carbocycles. The summed E-state index contributed by atoms with van der Waals surface area (Å²) in [7, 11) is -2.27. The van der Waals surface area contributed by atoms with Crippen LogP contribution in [0.1, 0.15) is 30.6 Å². The van der Waals surface area contributed by atoms with Crippen LogP contribution in [0.15, 0.2) is 59.5 Å². The Morgan fingerprint density at radius 2 is 1.64 bits per heavy atom. The summed E-state index contributed by atoms with van der Waals surface area (Å²) in [6.07, 6.45) is 0.867. The first-order chi connectivity index (χ1) is 11.8. The molecule has 0 aliphatic heterocycles. The number of rotatable bonds is 7. The Hall–Kier alpha value is -2.34. The normalized spacial score (nSPS) is 11.4. The second kappa shape index (κ2) is 8.16. The molecular formula is C19H24N2O3S. The van der Waals surface area contributed by atoms with Gasteiger partial charge in [-0.2, -0.15) is 0 Å². The van der Waals surface area contributed by atoms with E-state index in [1.807, 2.05) is 0 Å². The van der Waals surface area contributed by atoms with E-state index in [4.69, 9.17) is 0 Å². The van der Waals surface area contributed by atoms with Gasteiger partial charge < -0.3 is 5.32 Å². The average molecular weight is 360 g/mol. The fraction of sp³-hybridized carbons (Fsp3) is 0.316. The number of para-hydroxylation sites is 1. The van der Waals surface area contributed by atoms with Crippen molar-refractivity contribution in [2.75, 3.05) is 17.9 Å². The second-order valence-electron chi connectivity index (χ2n) is 6.24. The minimum atomic E-state index is -3.73. The van der Waals surface area contributed by atoms with Gasteiger partial charge in [-0.15, -0.1) is 0 Å². The summed E-state index contributed by atoms with van der Waals surface area (Å²) in [5, 5.41) is 2.86. The Bertz CT molecular complexity index is 818. The Kier molecular flexibility index (Phi) is 6.20. The van der Waals surface area contributed by atoms with Crippen LogP contribution in [0.4, 0.5) is 5.69 Å². The number of hydrogen-bond acceptors (Lipinski definition) is 3. The van der Waals surface area contributed by atoms with Gasteiger partial charge in [-0.1, -0.05) is 44.2 Å². The van der Waals surface area contributed by atoms with Crippen LogP contribution in [-0.4, -0.2) is 27.9 Å². The van der Waals surface area contributed by atoms with E-state index < -0.39 is 10.0 Å². The zero-order chi connectivity index (χ0) is 18.4. The molecule has 0 heterocycles. The molecule has 2 rings (SSSR count). The molecule has 0 aliphatic rings. The molecule has 0 bridgehead atoms. The summed E-state index contributed by atoms with van der Waals surface area (Å²) in [5.74, 6) is 0.211. The highest BCUT2D eigenvalue weighted by Gasteiger charge is 2.24. The number of carbonyl (C=O) groups is 1. The zero-order valence-corrected chi connectivity index (χ0v) is 15.6. The molecule has 0 saturated carbocycles. The van der Waals surface area contributed by atoms with Crippen molar-refractivity contribution >= 4 is 21.6 Å². The molecule has 6 heteroatoms. The van der Waals surface area contributed by atoms with Crippen LogP contribution >= 0.6 is 0 Å². The number of benzene rings is 2. The van der Waals surface area contributed by atoms with Crippen molar-refractivity contribution < 1.29 is 13.2 Å². The van der Waals surface area contributed by atoms with Crippen molar-refractivity contribution in [3.05, 3.63) is 60.2 Å². The smallest absolute Gasteiger partial charge is 0.264 e. The van der Waals surface area contributed by atoms with Gasteiger partial charge in [0.15, 0.2) is 0 Å². The second-order valence-corrected chi connectivity index (χ2v) is 8.21. The number of amides is 1. The number of nitrogens with zero attached hydrogens (tertiary/aromatic N) is 1. The highest BCUT2D eigenvalue weighted by atomic mass is 32.2. The lowest BCUT2D eigenvalue weighted by Crippen LogP contribution is -2.31. The molecule has 0 fully saturated rings. The van der Waals surface area contributed by atoms with E-state index in [-0.39, 0.29) is 10.8 Å². The third kappa shape index (κ3) is 4.60. The van der Waals surface area contributed by atoms with Crippen LogP contribution in [0.3, 0.4) is 0 Å². The standard InChI is InChI=1S/C19H24N2O3S/c1-15(2)13-14-20-19(22)17-11-7-8-12-18(17)21(3)25(23,24)16-9-5-4-6-10-16/h4-12,15H,13-14H2,1-3H3,(H,20,22). The minimum Gasteiger partial charge on any atom is -0.352 e. The van der Waals surface area contributed by atoms with Gasteiger partial charge in [0.1, 0.15) is 0 Å². The van der Waals surface area contributed by atoms with Crippen LogP contribution in [-0.2, 0) is 10.0 Å². The Labute approximate surface area is 149 Å². The maximum Gasteiger partial charge on any atom is 0.264 e. The monoisotopic (exact) mass is 360 g/mol. The lowest BCUT2D eigenvalue weighted by molar-refractivity contribution is 0.0952. The largest absolute Gasteiger partial charge is 0.352 e. The van der Waals surface area contributed by atoms with E-state index in [1.54, 1.807) is 42.5 Å². The van der Waals surface area contributed by atoms with Gasteiger partial charge in [0, 0.05) is 13.6 Å². The maximum absolute atomic E-state index is 12.8. The average Bonchev–Trinajstić information content (AvgIpc) is 2.61. The molecule has 0 spiro atoms. The molecule has 0 unspecified atom stereocenters. The SMILES string of the molecule is CC(C)CCNC(=O)c1ccccc1N(C)S(=O)(=O)c1ccccc1. The molecule has 0 atom stereocenters. The first-order valence-electron chi connectivity index (χ1n) is 8.25. The van der Waals surface area contributed by atoms with Gasteiger partial charge >= 0.3 is 0 Å². The number of hydrogen-bond donors (Lipinski definition) is 1. The van der Waals surface area contributed by atoms with E-state index in [2.05, 4.69) is 19.2 Å². The van der Waals surface area contributed by atoms with Crippen molar-refractivity contribution in [1.82, 2.24) is 5.32 Å². The van der Waals surface area contributed by atoms with E-state index in [1.165, 1.54) is 19.2 Å². The van der Waals surface area contributed by atoms with Gasteiger partial charge in [0.25, 0.3) is 15.9 Å². The van der Waals surface area contributed by atoms with Crippen molar-refractivity contribution in [2.45, 2.75) is 25.2 Å². The predicted molar refractivity (Wildman–Crippen MR) is 100 cm³/mol. The first-order valence-corrected chi connectivity index (χ1v) is 9.69. The van der Waals surface area contributed by atoms with E-state index in [0.717, 1.165) is 10.7 Å². The van der Waals surface area contributed by atoms with Gasteiger partial charge in [-0.05, 0) is 36.6 Å². The van der Waals surface area contributed by atoms with Gasteiger partial charge in [0.2, 0.25) is 0 Å². The molecule has 134 valence electrons. The molecule has 2 aromatic carbocycles. The first kappa shape index (κ1) is 19.0. The summed E-state index contributed by atoms with van der Waals surface area (Å²) in [4.78, 5) is 12.7. The molecule has 25 heavy (non-hydrogen) atoms. The molecular weight excluding hydrogens is 336 g/mol. The molecule has 2 aromatic rings. The van der Waals surface area contributed by atoms with Crippen LogP contribution in [0.25, 0.3) is 0 Å². The van der Waals surface area contributed by atoms with Crippen LogP contribution in [0.5, 0.6) is 0 Å². The van der Waals surface area contributed by atoms with Gasteiger partial charge in [0.05, 0.1) is 16.1 Å². The lowest BCUT2D eigenvalue weighted by atomic mass is 10.1. The number of carbonyl (C=O) groups excluding carboxylic acids is 1. The van der Waals surface area contributed by atoms with E-state index in [9.17, 15) is 13.2 Å². The Morgan fingerprint density at radius 3 is 2.28 bits per heavy atom. The highest BCUT2D eigenvalue weighted by Crippen LogP contribution is 2.25. The van der Waals surface area contributed by atoms with Crippen LogP contribution in [0.2, 0.25) is 0 Å². The summed E-state index contributed by atoms with van der Waals surface area (Å²) < 4.78 is 26.8. The highest BCUT2D eigenvalue weighted by molar-refractivity contribution is 7.92. The summed E-state index contributed by atoms with van der Waals surface area (Å²) in [6, 6.07) is 14.9. The van der Waals surface area contributed by atoms with Gasteiger partial charge in [-0.25, -0.2) is 8.42 Å². The van der Waals surface area contributed by atoms with Crippen molar-refractivity contribution in [1.29, 1.82) is 0 Å². The topological polar surface area (TPSA) is 66.5 Å². The maximum atomic E-state index is 12.8. The Morgan fingerprint density at radius 1 is 1.04 bits per heavy atom. The van der Waals surface area contributed by atoms with Crippen molar-refractivity contribution in [2.24, 2.45) is 5.92 Å². The van der Waals surface area contributed by atoms with Crippen molar-refractivity contribution in [3.8, 4) is 0 Å². The zero-order valence-electron chi connectivity index (χ0n) is 14.8. The molecule has 1 N–H and O–H groups in total. The third-order valence-electron chi connectivity index (χ3n) is 3.90. The minimum absolute atomic E-state index is 0.188. The molecule has 0 radical (unpaired) electrons. The molecule has 0 aromatic heterocycles. The predicted octanol–water partition coefficient (Wildman–Crippen LogP) is 3.29. The summed E-state index contributed by atoms with van der Waals surface area (Å²) in [5.41, 5.74) is 0.696. The quantitative estimate of drug-likeness (QED) is 0.824. The third-order valence-corrected chi connectivity index (χ3v) is 5.68. The fourth-order valence-electron chi connectivity index (χ4n) is 2.39. The number of sulfonamides is 1. The van der Waals surface area contributed by atoms with E-state index >= 15 is 0 Å². The lowest BCUT2D eigenvalue weighted by Gasteiger charge is -2.22. The van der Waals surface area contributed by atoms with Crippen LogP contribution < -0.4 is 9.62 Å². The number of anilines is 1. The molecule has 0 saturated heterocycles. The van der Waals surface area contributed by atoms with Crippen molar-refractivity contribution in [3.63, 3.8) is 0 Å². The fourth-order valence-corrected chi connectivity index (χ4v) is 3.63. The molecule has 5 nitrogen and oxygen atoms in total. The Balaban J connectivity index is 2.29. The summed E-state index contributed by atoms with van der Waals surface area (Å²) >= 11 is 0. The number of nitrogens with one attached hydrogen (secondary N) is 1.